The van der Waals surface area contributed by atoms with Gasteiger partial charge in [-0.2, -0.15) is 5.10 Å². The molecular formula is C24H32N6O. The number of nitrogens with zero attached hydrogens (tertiary/aromatic N) is 2. The van der Waals surface area contributed by atoms with Crippen LogP contribution in [0.15, 0.2) is 42.5 Å². The summed E-state index contributed by atoms with van der Waals surface area (Å²) in [5.74, 6) is 0.798. The largest absolute Gasteiger partial charge is 0.390 e. The van der Waals surface area contributed by atoms with Gasteiger partial charge in [0.25, 0.3) is 0 Å². The monoisotopic (exact) mass is 420 g/mol. The number of rotatable bonds is 7. The smallest absolute Gasteiger partial charge is 0.155 e. The van der Waals surface area contributed by atoms with E-state index < -0.39 is 6.10 Å². The number of fused-ring (bicyclic) bond motifs is 2. The Labute approximate surface area is 183 Å². The zero-order chi connectivity index (χ0) is 21.0. The molecule has 0 amide bonds. The first-order chi connectivity index (χ1) is 15.3. The third kappa shape index (κ3) is 4.69. The molecule has 0 unspecified atom stereocenters. The third-order valence-corrected chi connectivity index (χ3v) is 6.48. The van der Waals surface area contributed by atoms with Crippen molar-refractivity contribution in [3.63, 3.8) is 0 Å². The molecule has 2 aliphatic rings. The van der Waals surface area contributed by atoms with E-state index in [2.05, 4.69) is 73.5 Å². The molecule has 0 spiro atoms. The van der Waals surface area contributed by atoms with Gasteiger partial charge in [-0.25, -0.2) is 0 Å². The quantitative estimate of drug-likeness (QED) is 0.404. The van der Waals surface area contributed by atoms with Crippen molar-refractivity contribution in [1.29, 1.82) is 0 Å². The van der Waals surface area contributed by atoms with Crippen LogP contribution in [0, 0.1) is 0 Å². The van der Waals surface area contributed by atoms with Crippen LogP contribution in [0.3, 0.4) is 0 Å². The van der Waals surface area contributed by atoms with Crippen LogP contribution in [0.1, 0.15) is 24.0 Å². The van der Waals surface area contributed by atoms with Gasteiger partial charge in [-0.05, 0) is 55.6 Å². The van der Waals surface area contributed by atoms with Gasteiger partial charge in [0.2, 0.25) is 0 Å². The van der Waals surface area contributed by atoms with E-state index in [-0.39, 0.29) is 0 Å². The first-order valence-corrected chi connectivity index (χ1v) is 11.4. The maximum Gasteiger partial charge on any atom is 0.155 e. The molecule has 7 nitrogen and oxygen atoms in total. The van der Waals surface area contributed by atoms with Crippen molar-refractivity contribution in [1.82, 2.24) is 20.4 Å². The summed E-state index contributed by atoms with van der Waals surface area (Å²) in [5.41, 5.74) is 4.92. The van der Waals surface area contributed by atoms with Crippen molar-refractivity contribution in [2.24, 2.45) is 0 Å². The van der Waals surface area contributed by atoms with Crippen LogP contribution >= 0.6 is 0 Å². The number of aliphatic hydroxyl groups is 1. The number of nitrogens with one attached hydrogen (secondary N) is 4. The summed E-state index contributed by atoms with van der Waals surface area (Å²) in [6, 6.07) is 15.3. The van der Waals surface area contributed by atoms with Gasteiger partial charge in [-0.1, -0.05) is 30.3 Å². The van der Waals surface area contributed by atoms with E-state index in [0.717, 1.165) is 67.8 Å². The van der Waals surface area contributed by atoms with Gasteiger partial charge in [0, 0.05) is 37.6 Å². The summed E-state index contributed by atoms with van der Waals surface area (Å²) in [4.78, 5) is 2.33. The summed E-state index contributed by atoms with van der Waals surface area (Å²) in [6.07, 6.45) is 2.85. The average Bonchev–Trinajstić information content (AvgIpc) is 3.22. The average molecular weight is 421 g/mol. The van der Waals surface area contributed by atoms with Crippen LogP contribution in [-0.2, 0) is 13.0 Å². The van der Waals surface area contributed by atoms with Crippen LogP contribution in [0.2, 0.25) is 0 Å². The van der Waals surface area contributed by atoms with Gasteiger partial charge >= 0.3 is 0 Å². The zero-order valence-electron chi connectivity index (χ0n) is 17.9. The predicted molar refractivity (Wildman–Crippen MR) is 126 cm³/mol. The van der Waals surface area contributed by atoms with E-state index in [1.54, 1.807) is 0 Å². The van der Waals surface area contributed by atoms with E-state index in [0.29, 0.717) is 19.1 Å². The normalized spacial score (nSPS) is 18.6. The zero-order valence-corrected chi connectivity index (χ0v) is 17.9. The second-order valence-corrected chi connectivity index (χ2v) is 8.76. The second kappa shape index (κ2) is 9.26. The molecule has 0 bridgehead atoms. The SMILES string of the molecule is O[C@@H](CNc1n[nH]c2c(NC3CCNCC3)cccc12)CN1CCc2ccccc2C1. The number of β-amino-alcohol motifs (C(OH)–C–C–N with tert-alkyl or cyclic N) is 1. The summed E-state index contributed by atoms with van der Waals surface area (Å²) in [7, 11) is 0. The molecule has 1 atom stereocenters. The Morgan fingerprint density at radius 1 is 1.10 bits per heavy atom. The number of aromatic amines is 1. The molecule has 7 heteroatoms. The fourth-order valence-corrected chi connectivity index (χ4v) is 4.77. The highest BCUT2D eigenvalue weighted by molar-refractivity contribution is 5.97. The number of aliphatic hydroxyl groups excluding tert-OH is 1. The molecule has 1 saturated heterocycles. The number of hydrogen-bond donors (Lipinski definition) is 5. The molecule has 164 valence electrons. The van der Waals surface area contributed by atoms with Gasteiger partial charge in [0.05, 0.1) is 17.3 Å². The van der Waals surface area contributed by atoms with Gasteiger partial charge in [0.1, 0.15) is 0 Å². The van der Waals surface area contributed by atoms with Crippen molar-refractivity contribution in [2.45, 2.75) is 38.0 Å². The highest BCUT2D eigenvalue weighted by Gasteiger charge is 2.19. The van der Waals surface area contributed by atoms with E-state index >= 15 is 0 Å². The fourth-order valence-electron chi connectivity index (χ4n) is 4.77. The summed E-state index contributed by atoms with van der Waals surface area (Å²) in [6.45, 7) is 5.15. The number of anilines is 2. The minimum atomic E-state index is -0.451. The van der Waals surface area contributed by atoms with E-state index in [1.165, 1.54) is 11.1 Å². The van der Waals surface area contributed by atoms with E-state index in [9.17, 15) is 5.11 Å². The number of hydrogen-bond acceptors (Lipinski definition) is 6. The number of aromatic nitrogens is 2. The molecule has 5 rings (SSSR count). The summed E-state index contributed by atoms with van der Waals surface area (Å²) < 4.78 is 0. The molecule has 3 aromatic rings. The van der Waals surface area contributed by atoms with Crippen molar-refractivity contribution in [2.75, 3.05) is 43.4 Å². The minimum Gasteiger partial charge on any atom is -0.390 e. The number of piperidine rings is 1. The van der Waals surface area contributed by atoms with Crippen molar-refractivity contribution >= 4 is 22.4 Å². The Morgan fingerprint density at radius 3 is 2.81 bits per heavy atom. The first-order valence-electron chi connectivity index (χ1n) is 11.4. The predicted octanol–water partition coefficient (Wildman–Crippen LogP) is 2.56. The highest BCUT2D eigenvalue weighted by atomic mass is 16.3. The Bertz CT molecular complexity index is 1010. The molecule has 31 heavy (non-hydrogen) atoms. The summed E-state index contributed by atoms with van der Waals surface area (Å²) >= 11 is 0. The van der Waals surface area contributed by atoms with Gasteiger partial charge in [-0.3, -0.25) is 10.00 Å². The number of benzene rings is 2. The molecule has 3 heterocycles. The Hall–Kier alpha value is -2.61. The molecule has 2 aliphatic heterocycles. The topological polar surface area (TPSA) is 88.2 Å². The van der Waals surface area contributed by atoms with Crippen molar-refractivity contribution in [3.05, 3.63) is 53.6 Å². The van der Waals surface area contributed by atoms with Crippen LogP contribution < -0.4 is 16.0 Å². The Balaban J connectivity index is 1.18. The lowest BCUT2D eigenvalue weighted by molar-refractivity contribution is 0.114. The van der Waals surface area contributed by atoms with Crippen molar-refractivity contribution < 1.29 is 5.11 Å². The van der Waals surface area contributed by atoms with E-state index in [4.69, 9.17) is 0 Å². The number of para-hydroxylation sites is 1. The molecule has 0 aliphatic carbocycles. The molecule has 0 radical (unpaired) electrons. The molecule has 5 N–H and O–H groups in total. The molecular weight excluding hydrogens is 388 g/mol. The lowest BCUT2D eigenvalue weighted by atomic mass is 10.00. The fraction of sp³-hybridized carbons (Fsp3) is 0.458. The lowest BCUT2D eigenvalue weighted by Gasteiger charge is -2.30. The second-order valence-electron chi connectivity index (χ2n) is 8.76. The maximum absolute atomic E-state index is 10.6. The van der Waals surface area contributed by atoms with Crippen LogP contribution in [-0.4, -0.2) is 65.1 Å². The highest BCUT2D eigenvalue weighted by Crippen LogP contribution is 2.28. The molecule has 2 aromatic carbocycles. The van der Waals surface area contributed by atoms with Gasteiger partial charge < -0.3 is 21.1 Å². The molecule has 1 aromatic heterocycles. The van der Waals surface area contributed by atoms with Crippen molar-refractivity contribution in [3.8, 4) is 0 Å². The lowest BCUT2D eigenvalue weighted by Crippen LogP contribution is -2.39. The minimum absolute atomic E-state index is 0.451. The van der Waals surface area contributed by atoms with Gasteiger partial charge in [-0.15, -0.1) is 0 Å². The standard InChI is InChI=1S/C24H32N6O/c31-20(16-30-13-10-17-4-1-2-5-18(17)15-30)14-26-24-21-6-3-7-22(23(21)28-29-24)27-19-8-11-25-12-9-19/h1-7,19-20,25,27,31H,8-16H2,(H2,26,28,29)/t20-/m0/s1. The summed E-state index contributed by atoms with van der Waals surface area (Å²) in [5, 5.41) is 29.8. The van der Waals surface area contributed by atoms with E-state index in [1.807, 2.05) is 0 Å². The molecule has 1 fully saturated rings. The van der Waals surface area contributed by atoms with Crippen LogP contribution in [0.4, 0.5) is 11.5 Å². The Kier molecular flexibility index (Phi) is 6.06. The molecule has 0 saturated carbocycles. The van der Waals surface area contributed by atoms with Crippen LogP contribution in [0.5, 0.6) is 0 Å². The number of H-pyrrole nitrogens is 1. The maximum atomic E-state index is 10.6. The third-order valence-electron chi connectivity index (χ3n) is 6.48. The van der Waals surface area contributed by atoms with Gasteiger partial charge in [0.15, 0.2) is 5.82 Å². The Morgan fingerprint density at radius 2 is 1.94 bits per heavy atom. The van der Waals surface area contributed by atoms with Crippen LogP contribution in [0.25, 0.3) is 10.9 Å². The first kappa shape index (κ1) is 20.3.